The third kappa shape index (κ3) is 4.64. The fraction of sp³-hybridized carbons (Fsp3) is 0. The summed E-state index contributed by atoms with van der Waals surface area (Å²) >= 11 is 7.34. The summed E-state index contributed by atoms with van der Waals surface area (Å²) in [6.07, 6.45) is 0. The molecular formula is C36H22Br2N2. The van der Waals surface area contributed by atoms with Crippen LogP contribution < -0.4 is 0 Å². The number of nitrogens with zero attached hydrogens (tertiary/aromatic N) is 2. The van der Waals surface area contributed by atoms with E-state index in [9.17, 15) is 0 Å². The molecule has 2 heterocycles. The highest BCUT2D eigenvalue weighted by atomic mass is 79.9. The van der Waals surface area contributed by atoms with Crippen molar-refractivity contribution in [2.24, 2.45) is 0 Å². The van der Waals surface area contributed by atoms with Gasteiger partial charge >= 0.3 is 0 Å². The van der Waals surface area contributed by atoms with Crippen LogP contribution in [-0.4, -0.2) is 9.97 Å². The number of hydrogen-bond acceptors (Lipinski definition) is 2. The van der Waals surface area contributed by atoms with Crippen molar-refractivity contribution in [2.75, 3.05) is 0 Å². The van der Waals surface area contributed by atoms with Gasteiger partial charge in [-0.2, -0.15) is 0 Å². The fourth-order valence-electron chi connectivity index (χ4n) is 5.28. The maximum atomic E-state index is 5.29. The van der Waals surface area contributed by atoms with Gasteiger partial charge in [-0.05, 0) is 58.7 Å². The first-order valence-electron chi connectivity index (χ1n) is 13.1. The highest BCUT2D eigenvalue weighted by Crippen LogP contribution is 2.40. The van der Waals surface area contributed by atoms with E-state index in [1.165, 1.54) is 0 Å². The summed E-state index contributed by atoms with van der Waals surface area (Å²) in [7, 11) is 0. The summed E-state index contributed by atoms with van der Waals surface area (Å²) in [6, 6.07) is 46.4. The number of pyridine rings is 2. The Bertz CT molecular complexity index is 1870. The lowest BCUT2D eigenvalue weighted by Gasteiger charge is -2.15. The quantitative estimate of drug-likeness (QED) is 0.179. The average molecular weight is 642 g/mol. The Labute approximate surface area is 249 Å². The summed E-state index contributed by atoms with van der Waals surface area (Å²) < 4.78 is 2.08. The molecule has 0 spiro atoms. The van der Waals surface area contributed by atoms with E-state index in [0.717, 1.165) is 75.5 Å². The Morgan fingerprint density at radius 3 is 1.18 bits per heavy atom. The third-order valence-electron chi connectivity index (χ3n) is 7.17. The van der Waals surface area contributed by atoms with Crippen LogP contribution in [0.15, 0.2) is 142 Å². The van der Waals surface area contributed by atoms with Gasteiger partial charge < -0.3 is 0 Å². The fourth-order valence-corrected chi connectivity index (χ4v) is 6.08. The van der Waals surface area contributed by atoms with Gasteiger partial charge in [-0.3, -0.25) is 0 Å². The Hall–Kier alpha value is -4.12. The Kier molecular flexibility index (Phi) is 6.51. The smallest absolute Gasteiger partial charge is 0.0978 e. The lowest BCUT2D eigenvalue weighted by molar-refractivity contribution is 1.36. The van der Waals surface area contributed by atoms with Crippen molar-refractivity contribution in [1.82, 2.24) is 9.97 Å². The van der Waals surface area contributed by atoms with Crippen LogP contribution in [0.25, 0.3) is 66.6 Å². The second-order valence-corrected chi connectivity index (χ2v) is 11.6. The number of fused-ring (bicyclic) bond motifs is 3. The van der Waals surface area contributed by atoms with E-state index in [2.05, 4.69) is 153 Å². The standard InChI is InChI=1S/C36H22Br2N2/c37-27-15-7-13-25(19-27)31-21-33(23-9-3-1-4-10-23)39-35-29(31)17-18-30-32(26-14-8-16-28(38)20-26)22-34(40-36(30)35)24-11-5-2-6-12-24/h1-22H. The summed E-state index contributed by atoms with van der Waals surface area (Å²) in [5.41, 5.74) is 10.3. The van der Waals surface area contributed by atoms with Gasteiger partial charge in [-0.25, -0.2) is 9.97 Å². The molecule has 7 rings (SSSR count). The molecule has 0 atom stereocenters. The lowest BCUT2D eigenvalue weighted by atomic mass is 9.94. The molecule has 0 unspecified atom stereocenters. The minimum atomic E-state index is 0.892. The van der Waals surface area contributed by atoms with Gasteiger partial charge in [-0.1, -0.05) is 129 Å². The highest BCUT2D eigenvalue weighted by molar-refractivity contribution is 9.10. The van der Waals surface area contributed by atoms with Gasteiger partial charge in [0.15, 0.2) is 0 Å². The van der Waals surface area contributed by atoms with Gasteiger partial charge in [0, 0.05) is 30.8 Å². The van der Waals surface area contributed by atoms with E-state index in [1.54, 1.807) is 0 Å². The first kappa shape index (κ1) is 24.9. The third-order valence-corrected chi connectivity index (χ3v) is 8.16. The molecule has 2 nitrogen and oxygen atoms in total. The number of benzene rings is 5. The first-order chi connectivity index (χ1) is 19.6. The highest BCUT2D eigenvalue weighted by Gasteiger charge is 2.17. The van der Waals surface area contributed by atoms with Crippen LogP contribution >= 0.6 is 31.9 Å². The van der Waals surface area contributed by atoms with Crippen molar-refractivity contribution in [3.63, 3.8) is 0 Å². The van der Waals surface area contributed by atoms with E-state index < -0.39 is 0 Å². The lowest BCUT2D eigenvalue weighted by Crippen LogP contribution is -1.95. The van der Waals surface area contributed by atoms with Gasteiger partial charge in [-0.15, -0.1) is 0 Å². The SMILES string of the molecule is Brc1cccc(-c2cc(-c3ccccc3)nc3c2ccc2c(-c4cccc(Br)c4)cc(-c4ccccc4)nc23)c1. The maximum absolute atomic E-state index is 5.29. The molecule has 0 saturated carbocycles. The number of hydrogen-bond donors (Lipinski definition) is 0. The molecule has 4 heteroatoms. The van der Waals surface area contributed by atoms with Crippen molar-refractivity contribution in [2.45, 2.75) is 0 Å². The molecule has 190 valence electrons. The molecule has 0 aliphatic rings. The Morgan fingerprint density at radius 1 is 0.375 bits per heavy atom. The molecule has 2 aromatic heterocycles. The molecule has 0 saturated heterocycles. The van der Waals surface area contributed by atoms with Crippen LogP contribution in [0.2, 0.25) is 0 Å². The zero-order valence-corrected chi connectivity index (χ0v) is 24.5. The van der Waals surface area contributed by atoms with Crippen molar-refractivity contribution >= 4 is 53.7 Å². The summed E-state index contributed by atoms with van der Waals surface area (Å²) in [5, 5.41) is 2.14. The second-order valence-electron chi connectivity index (χ2n) is 9.72. The molecule has 5 aromatic carbocycles. The maximum Gasteiger partial charge on any atom is 0.0978 e. The van der Waals surface area contributed by atoms with Crippen molar-refractivity contribution in [1.29, 1.82) is 0 Å². The molecule has 0 fully saturated rings. The number of rotatable bonds is 4. The van der Waals surface area contributed by atoms with Gasteiger partial charge in [0.25, 0.3) is 0 Å². The van der Waals surface area contributed by atoms with Crippen LogP contribution in [0.3, 0.4) is 0 Å². The zero-order valence-electron chi connectivity index (χ0n) is 21.4. The Morgan fingerprint density at radius 2 is 0.775 bits per heavy atom. The van der Waals surface area contributed by atoms with E-state index in [1.807, 2.05) is 12.1 Å². The van der Waals surface area contributed by atoms with Crippen LogP contribution in [0.5, 0.6) is 0 Å². The zero-order chi connectivity index (χ0) is 27.1. The Balaban J connectivity index is 1.62. The first-order valence-corrected chi connectivity index (χ1v) is 14.6. The molecule has 7 aromatic rings. The van der Waals surface area contributed by atoms with Crippen LogP contribution in [0.1, 0.15) is 0 Å². The molecule has 0 amide bonds. The minimum absolute atomic E-state index is 0.892. The van der Waals surface area contributed by atoms with E-state index in [-0.39, 0.29) is 0 Å². The molecule has 40 heavy (non-hydrogen) atoms. The van der Waals surface area contributed by atoms with E-state index in [0.29, 0.717) is 0 Å². The van der Waals surface area contributed by atoms with Crippen LogP contribution in [0, 0.1) is 0 Å². The van der Waals surface area contributed by atoms with E-state index in [4.69, 9.17) is 9.97 Å². The van der Waals surface area contributed by atoms with Gasteiger partial charge in [0.2, 0.25) is 0 Å². The van der Waals surface area contributed by atoms with Gasteiger partial charge in [0.1, 0.15) is 0 Å². The van der Waals surface area contributed by atoms with Crippen molar-refractivity contribution in [3.8, 4) is 44.8 Å². The molecule has 0 radical (unpaired) electrons. The van der Waals surface area contributed by atoms with Crippen molar-refractivity contribution < 1.29 is 0 Å². The predicted octanol–water partition coefficient (Wildman–Crippen LogP) is 11.0. The van der Waals surface area contributed by atoms with Crippen molar-refractivity contribution in [3.05, 3.63) is 142 Å². The molecular weight excluding hydrogens is 620 g/mol. The van der Waals surface area contributed by atoms with Crippen LogP contribution in [-0.2, 0) is 0 Å². The largest absolute Gasteiger partial charge is 0.245 e. The number of aromatic nitrogens is 2. The topological polar surface area (TPSA) is 25.8 Å². The van der Waals surface area contributed by atoms with E-state index >= 15 is 0 Å². The summed E-state index contributed by atoms with van der Waals surface area (Å²) in [6.45, 7) is 0. The average Bonchev–Trinajstić information content (AvgIpc) is 3.00. The molecule has 0 bridgehead atoms. The second kappa shape index (κ2) is 10.5. The molecule has 0 aliphatic carbocycles. The monoisotopic (exact) mass is 640 g/mol. The van der Waals surface area contributed by atoms with Gasteiger partial charge in [0.05, 0.1) is 22.4 Å². The normalized spacial score (nSPS) is 11.2. The minimum Gasteiger partial charge on any atom is -0.245 e. The van der Waals surface area contributed by atoms with Crippen LogP contribution in [0.4, 0.5) is 0 Å². The summed E-state index contributed by atoms with van der Waals surface area (Å²) in [5.74, 6) is 0. The predicted molar refractivity (Wildman–Crippen MR) is 174 cm³/mol. The summed E-state index contributed by atoms with van der Waals surface area (Å²) in [4.78, 5) is 10.6. The molecule has 0 N–H and O–H groups in total. The number of halogens is 2. The molecule has 0 aliphatic heterocycles.